The van der Waals surface area contributed by atoms with E-state index in [2.05, 4.69) is 5.32 Å². The number of carbonyl (C=O) groups excluding carboxylic acids is 3. The number of amides is 2. The van der Waals surface area contributed by atoms with Crippen LogP contribution < -0.4 is 15.8 Å². The van der Waals surface area contributed by atoms with Crippen molar-refractivity contribution in [1.82, 2.24) is 9.88 Å². The molecule has 2 amide bonds. The van der Waals surface area contributed by atoms with Gasteiger partial charge in [0.2, 0.25) is 11.8 Å². The molecule has 1 aromatic carbocycles. The molecule has 4 rings (SSSR count). The van der Waals surface area contributed by atoms with Crippen LogP contribution in [0.1, 0.15) is 38.1 Å². The maximum atomic E-state index is 14.7. The van der Waals surface area contributed by atoms with Crippen molar-refractivity contribution in [2.75, 3.05) is 18.0 Å². The molecule has 1 aromatic heterocycles. The molecule has 0 radical (unpaired) electrons. The van der Waals surface area contributed by atoms with Gasteiger partial charge in [0.05, 0.1) is 5.69 Å². The first-order valence-electron chi connectivity index (χ1n) is 9.85. The second-order valence-corrected chi connectivity index (χ2v) is 7.69. The molecule has 0 aliphatic carbocycles. The highest BCUT2D eigenvalue weighted by molar-refractivity contribution is 6.00. The van der Waals surface area contributed by atoms with E-state index in [4.69, 9.17) is 0 Å². The number of benzene rings is 1. The summed E-state index contributed by atoms with van der Waals surface area (Å²) in [6, 6.07) is 3.64. The van der Waals surface area contributed by atoms with Crippen molar-refractivity contribution in [1.29, 1.82) is 0 Å². The van der Waals surface area contributed by atoms with Gasteiger partial charge in [0.15, 0.2) is 0 Å². The van der Waals surface area contributed by atoms with Gasteiger partial charge in [-0.2, -0.15) is 0 Å². The van der Waals surface area contributed by atoms with Gasteiger partial charge < -0.3 is 14.3 Å². The Balaban J connectivity index is 1.71. The number of halogens is 1. The number of anilines is 1. The molecule has 7 nitrogen and oxygen atoms in total. The Morgan fingerprint density at radius 3 is 2.52 bits per heavy atom. The lowest BCUT2D eigenvalue weighted by atomic mass is 9.93. The molecule has 2 aromatic rings. The third-order valence-electron chi connectivity index (χ3n) is 5.94. The average Bonchev–Trinajstić information content (AvgIpc) is 2.70. The van der Waals surface area contributed by atoms with Crippen molar-refractivity contribution in [2.24, 2.45) is 5.92 Å². The van der Waals surface area contributed by atoms with Crippen molar-refractivity contribution in [2.45, 2.75) is 38.1 Å². The van der Waals surface area contributed by atoms with E-state index in [1.54, 1.807) is 6.07 Å². The fourth-order valence-electron chi connectivity index (χ4n) is 4.34. The van der Waals surface area contributed by atoms with Crippen LogP contribution in [0.4, 0.5) is 10.1 Å². The Labute approximate surface area is 166 Å². The van der Waals surface area contributed by atoms with Crippen LogP contribution in [0.5, 0.6) is 0 Å². The van der Waals surface area contributed by atoms with E-state index in [1.807, 2.05) is 4.90 Å². The number of hydrogen-bond acceptors (Lipinski definition) is 5. The van der Waals surface area contributed by atoms with E-state index in [-0.39, 0.29) is 24.3 Å². The minimum atomic E-state index is -0.753. The third kappa shape index (κ3) is 3.54. The zero-order chi connectivity index (χ0) is 20.5. The fraction of sp³-hybridized carbons (Fsp3) is 0.429. The SMILES string of the molecule is O=CCC1CCN(c2c(F)ccc3c(=O)n(C4CCC(=O)NC4=O)ccc23)CC1. The number of hydrogen-bond donors (Lipinski definition) is 1. The first-order valence-corrected chi connectivity index (χ1v) is 9.85. The van der Waals surface area contributed by atoms with Gasteiger partial charge >= 0.3 is 0 Å². The van der Waals surface area contributed by atoms with Crippen LogP contribution in [-0.4, -0.2) is 35.8 Å². The van der Waals surface area contributed by atoms with Crippen LogP contribution in [-0.2, 0) is 14.4 Å². The third-order valence-corrected chi connectivity index (χ3v) is 5.94. The molecule has 1 atom stereocenters. The predicted octanol–water partition coefficient (Wildman–Crippen LogP) is 1.92. The van der Waals surface area contributed by atoms with Crippen LogP contribution in [0, 0.1) is 11.7 Å². The quantitative estimate of drug-likeness (QED) is 0.627. The highest BCUT2D eigenvalue weighted by Gasteiger charge is 2.29. The maximum absolute atomic E-state index is 14.7. The average molecular weight is 399 g/mol. The Morgan fingerprint density at radius 2 is 1.83 bits per heavy atom. The van der Waals surface area contributed by atoms with E-state index in [0.717, 1.165) is 19.1 Å². The number of pyridine rings is 1. The number of nitrogens with one attached hydrogen (secondary N) is 1. The van der Waals surface area contributed by atoms with E-state index in [0.29, 0.717) is 41.9 Å². The van der Waals surface area contributed by atoms with Gasteiger partial charge in [0.1, 0.15) is 18.1 Å². The molecular formula is C21H22FN3O4. The molecule has 0 saturated carbocycles. The maximum Gasteiger partial charge on any atom is 0.259 e. The molecule has 2 saturated heterocycles. The smallest absolute Gasteiger partial charge is 0.259 e. The summed E-state index contributed by atoms with van der Waals surface area (Å²) in [7, 11) is 0. The first kappa shape index (κ1) is 19.3. The second-order valence-electron chi connectivity index (χ2n) is 7.69. The Bertz CT molecular complexity index is 1040. The van der Waals surface area contributed by atoms with Crippen molar-refractivity contribution < 1.29 is 18.8 Å². The predicted molar refractivity (Wildman–Crippen MR) is 105 cm³/mol. The largest absolute Gasteiger partial charge is 0.369 e. The summed E-state index contributed by atoms with van der Waals surface area (Å²) in [5, 5.41) is 3.10. The fourth-order valence-corrected chi connectivity index (χ4v) is 4.34. The number of aromatic nitrogens is 1. The topological polar surface area (TPSA) is 88.5 Å². The molecule has 0 bridgehead atoms. The van der Waals surface area contributed by atoms with Crippen LogP contribution in [0.25, 0.3) is 10.8 Å². The highest BCUT2D eigenvalue weighted by Crippen LogP contribution is 2.32. The molecule has 2 fully saturated rings. The van der Waals surface area contributed by atoms with Crippen molar-refractivity contribution in [3.05, 3.63) is 40.6 Å². The normalized spacial score (nSPS) is 20.7. The molecule has 1 N–H and O–H groups in total. The Morgan fingerprint density at radius 1 is 1.07 bits per heavy atom. The van der Waals surface area contributed by atoms with Gasteiger partial charge in [-0.15, -0.1) is 0 Å². The van der Waals surface area contributed by atoms with E-state index < -0.39 is 17.8 Å². The summed E-state index contributed by atoms with van der Waals surface area (Å²) in [6.07, 6.45) is 4.97. The number of rotatable bonds is 4. The molecule has 1 unspecified atom stereocenters. The number of fused-ring (bicyclic) bond motifs is 1. The van der Waals surface area contributed by atoms with Crippen LogP contribution in [0.2, 0.25) is 0 Å². The zero-order valence-corrected chi connectivity index (χ0v) is 15.9. The van der Waals surface area contributed by atoms with Crippen LogP contribution in [0.15, 0.2) is 29.2 Å². The van der Waals surface area contributed by atoms with E-state index in [1.165, 1.54) is 22.9 Å². The van der Waals surface area contributed by atoms with Gasteiger partial charge in [-0.1, -0.05) is 0 Å². The second kappa shape index (κ2) is 7.77. The molecule has 3 heterocycles. The number of piperidine rings is 2. The summed E-state index contributed by atoms with van der Waals surface area (Å²) in [6.45, 7) is 1.23. The Hall–Kier alpha value is -3.03. The van der Waals surface area contributed by atoms with Crippen LogP contribution in [0.3, 0.4) is 0 Å². The lowest BCUT2D eigenvalue weighted by molar-refractivity contribution is -0.135. The lowest BCUT2D eigenvalue weighted by Gasteiger charge is -2.34. The van der Waals surface area contributed by atoms with Gasteiger partial charge in [-0.05, 0) is 43.4 Å². The number of aldehydes is 1. The summed E-state index contributed by atoms with van der Waals surface area (Å²) < 4.78 is 16.1. The molecule has 152 valence electrons. The highest BCUT2D eigenvalue weighted by atomic mass is 19.1. The van der Waals surface area contributed by atoms with Crippen molar-refractivity contribution in [3.63, 3.8) is 0 Å². The number of carbonyl (C=O) groups is 3. The first-order chi connectivity index (χ1) is 14.0. The van der Waals surface area contributed by atoms with Gasteiger partial charge in [0.25, 0.3) is 5.56 Å². The van der Waals surface area contributed by atoms with Crippen LogP contribution >= 0.6 is 0 Å². The van der Waals surface area contributed by atoms with Gasteiger partial charge in [-0.3, -0.25) is 19.7 Å². The number of nitrogens with zero attached hydrogens (tertiary/aromatic N) is 2. The zero-order valence-electron chi connectivity index (χ0n) is 15.9. The lowest BCUT2D eigenvalue weighted by Crippen LogP contribution is -2.44. The monoisotopic (exact) mass is 399 g/mol. The minimum Gasteiger partial charge on any atom is -0.369 e. The molecule has 2 aliphatic rings. The van der Waals surface area contributed by atoms with E-state index >= 15 is 0 Å². The molecule has 0 spiro atoms. The molecular weight excluding hydrogens is 377 g/mol. The molecule has 2 aliphatic heterocycles. The molecule has 29 heavy (non-hydrogen) atoms. The van der Waals surface area contributed by atoms with Crippen molar-refractivity contribution in [3.8, 4) is 0 Å². The van der Waals surface area contributed by atoms with E-state index in [9.17, 15) is 23.6 Å². The van der Waals surface area contributed by atoms with Gasteiger partial charge in [0, 0.05) is 42.9 Å². The molecule has 8 heteroatoms. The summed E-state index contributed by atoms with van der Waals surface area (Å²) in [5.41, 5.74) is 0.00802. The minimum absolute atomic E-state index is 0.172. The van der Waals surface area contributed by atoms with Crippen molar-refractivity contribution >= 4 is 34.6 Å². The Kier molecular flexibility index (Phi) is 5.17. The summed E-state index contributed by atoms with van der Waals surface area (Å²) >= 11 is 0. The van der Waals surface area contributed by atoms with Gasteiger partial charge in [-0.25, -0.2) is 4.39 Å². The summed E-state index contributed by atoms with van der Waals surface area (Å²) in [5.74, 6) is -0.930. The standard InChI is InChI=1S/C21H22FN3O4/c22-16-2-1-15-14(19(16)24-9-5-13(6-10-24)8-12-26)7-11-25(21(15)29)17-3-4-18(27)23-20(17)28/h1-2,7,11-13,17H,3-6,8-10H2,(H,23,27,28). The number of imide groups is 1. The summed E-state index contributed by atoms with van der Waals surface area (Å²) in [4.78, 5) is 49.3.